The molecule has 2 rings (SSSR count). The third kappa shape index (κ3) is 3.59. The zero-order valence-corrected chi connectivity index (χ0v) is 12.3. The fraction of sp³-hybridized carbons (Fsp3) is 0.538. The summed E-state index contributed by atoms with van der Waals surface area (Å²) in [7, 11) is 1.48. The lowest BCUT2D eigenvalue weighted by molar-refractivity contribution is -0.130. The summed E-state index contributed by atoms with van der Waals surface area (Å²) in [5.41, 5.74) is 0. The molecule has 114 valence electrons. The standard InChI is InChI=1S/C13H19N5O3/c1-8(2)18-5-4-9(12(18)19)16-13(20)17-10-6-15-11(21-3)7-14-10/h6-9H,4-5H2,1-3H3,(H2,14,16,17,20)/t9-/m1/s1. The van der Waals surface area contributed by atoms with Gasteiger partial charge in [0, 0.05) is 12.6 Å². The number of nitrogens with one attached hydrogen (secondary N) is 2. The first-order valence-corrected chi connectivity index (χ1v) is 6.75. The van der Waals surface area contributed by atoms with Crippen molar-refractivity contribution in [2.45, 2.75) is 32.4 Å². The number of aromatic nitrogens is 2. The van der Waals surface area contributed by atoms with Crippen LogP contribution in [-0.4, -0.2) is 52.5 Å². The van der Waals surface area contributed by atoms with Crippen LogP contribution in [0.2, 0.25) is 0 Å². The van der Waals surface area contributed by atoms with Crippen molar-refractivity contribution < 1.29 is 14.3 Å². The minimum absolute atomic E-state index is 0.0547. The van der Waals surface area contributed by atoms with Crippen LogP contribution in [0.4, 0.5) is 10.6 Å². The summed E-state index contributed by atoms with van der Waals surface area (Å²) >= 11 is 0. The van der Waals surface area contributed by atoms with Crippen LogP contribution in [0.1, 0.15) is 20.3 Å². The Hall–Kier alpha value is -2.38. The molecule has 1 aliphatic rings. The van der Waals surface area contributed by atoms with E-state index in [1.165, 1.54) is 19.5 Å². The molecule has 0 radical (unpaired) electrons. The van der Waals surface area contributed by atoms with Gasteiger partial charge in [0.05, 0.1) is 19.5 Å². The second-order valence-electron chi connectivity index (χ2n) is 5.01. The molecule has 8 heteroatoms. The van der Waals surface area contributed by atoms with Gasteiger partial charge in [0.2, 0.25) is 11.8 Å². The number of hydrogen-bond acceptors (Lipinski definition) is 5. The molecule has 2 N–H and O–H groups in total. The van der Waals surface area contributed by atoms with Gasteiger partial charge in [-0.1, -0.05) is 0 Å². The van der Waals surface area contributed by atoms with E-state index in [-0.39, 0.29) is 11.9 Å². The first kappa shape index (κ1) is 15.0. The molecular weight excluding hydrogens is 274 g/mol. The first-order chi connectivity index (χ1) is 10.0. The van der Waals surface area contributed by atoms with E-state index in [0.717, 1.165) is 0 Å². The van der Waals surface area contributed by atoms with Crippen LogP contribution in [0.5, 0.6) is 5.88 Å². The van der Waals surface area contributed by atoms with Gasteiger partial charge in [-0.3, -0.25) is 10.1 Å². The van der Waals surface area contributed by atoms with Crippen LogP contribution >= 0.6 is 0 Å². The van der Waals surface area contributed by atoms with Crippen LogP contribution in [0.3, 0.4) is 0 Å². The molecule has 0 bridgehead atoms. The molecule has 8 nitrogen and oxygen atoms in total. The summed E-state index contributed by atoms with van der Waals surface area (Å²) in [4.78, 5) is 33.6. The second kappa shape index (κ2) is 6.38. The van der Waals surface area contributed by atoms with E-state index in [2.05, 4.69) is 20.6 Å². The highest BCUT2D eigenvalue weighted by molar-refractivity contribution is 5.93. The summed E-state index contributed by atoms with van der Waals surface area (Å²) < 4.78 is 4.88. The zero-order valence-electron chi connectivity index (χ0n) is 12.3. The third-order valence-electron chi connectivity index (χ3n) is 3.25. The highest BCUT2D eigenvalue weighted by Gasteiger charge is 2.33. The van der Waals surface area contributed by atoms with Crippen LogP contribution in [0.25, 0.3) is 0 Å². The Morgan fingerprint density at radius 2 is 2.19 bits per heavy atom. The third-order valence-corrected chi connectivity index (χ3v) is 3.25. The van der Waals surface area contributed by atoms with Gasteiger partial charge in [-0.15, -0.1) is 0 Å². The van der Waals surface area contributed by atoms with Gasteiger partial charge in [-0.05, 0) is 20.3 Å². The van der Waals surface area contributed by atoms with Gasteiger partial charge in [-0.2, -0.15) is 0 Å². The maximum atomic E-state index is 12.1. The minimum atomic E-state index is -0.487. The highest BCUT2D eigenvalue weighted by Crippen LogP contribution is 2.14. The maximum absolute atomic E-state index is 12.1. The number of urea groups is 1. The topological polar surface area (TPSA) is 96.5 Å². The normalized spacial score (nSPS) is 18.0. The average molecular weight is 293 g/mol. The van der Waals surface area contributed by atoms with Gasteiger partial charge >= 0.3 is 6.03 Å². The molecule has 21 heavy (non-hydrogen) atoms. The molecule has 1 fully saturated rings. The Morgan fingerprint density at radius 1 is 1.43 bits per heavy atom. The summed E-state index contributed by atoms with van der Waals surface area (Å²) in [6.07, 6.45) is 3.39. The van der Waals surface area contributed by atoms with E-state index in [1.54, 1.807) is 4.90 Å². The number of amides is 3. The lowest BCUT2D eigenvalue weighted by Crippen LogP contribution is -2.44. The lowest BCUT2D eigenvalue weighted by Gasteiger charge is -2.21. The van der Waals surface area contributed by atoms with Gasteiger partial charge in [0.15, 0.2) is 5.82 Å². The maximum Gasteiger partial charge on any atom is 0.321 e. The fourth-order valence-electron chi connectivity index (χ4n) is 2.15. The molecule has 0 aromatic carbocycles. The predicted molar refractivity (Wildman–Crippen MR) is 76.0 cm³/mol. The SMILES string of the molecule is COc1cnc(NC(=O)N[C@@H]2CCN(C(C)C)C2=O)cn1. The van der Waals surface area contributed by atoms with E-state index in [0.29, 0.717) is 24.7 Å². The van der Waals surface area contributed by atoms with E-state index in [1.807, 2.05) is 13.8 Å². The molecule has 1 aromatic heterocycles. The number of ether oxygens (including phenoxy) is 1. The predicted octanol–water partition coefficient (Wildman–Crippen LogP) is 0.616. The number of rotatable bonds is 4. The molecule has 1 aromatic rings. The quantitative estimate of drug-likeness (QED) is 0.848. The monoisotopic (exact) mass is 293 g/mol. The number of hydrogen-bond donors (Lipinski definition) is 2. The second-order valence-corrected chi connectivity index (χ2v) is 5.01. The molecule has 2 heterocycles. The number of carbonyl (C=O) groups is 2. The number of methoxy groups -OCH3 is 1. The smallest absolute Gasteiger partial charge is 0.321 e. The van der Waals surface area contributed by atoms with Crippen molar-refractivity contribution in [2.24, 2.45) is 0 Å². The zero-order chi connectivity index (χ0) is 15.4. The van der Waals surface area contributed by atoms with Gasteiger partial charge in [-0.25, -0.2) is 14.8 Å². The number of nitrogens with zero attached hydrogens (tertiary/aromatic N) is 3. The van der Waals surface area contributed by atoms with Crippen LogP contribution in [0.15, 0.2) is 12.4 Å². The van der Waals surface area contributed by atoms with Crippen molar-refractivity contribution in [3.05, 3.63) is 12.4 Å². The van der Waals surface area contributed by atoms with Crippen LogP contribution in [0, 0.1) is 0 Å². The van der Waals surface area contributed by atoms with Gasteiger partial charge in [0.25, 0.3) is 0 Å². The van der Waals surface area contributed by atoms with E-state index in [4.69, 9.17) is 4.74 Å². The molecule has 1 saturated heterocycles. The van der Waals surface area contributed by atoms with Crippen molar-refractivity contribution in [1.82, 2.24) is 20.2 Å². The molecule has 0 unspecified atom stereocenters. The van der Waals surface area contributed by atoms with Gasteiger partial charge in [0.1, 0.15) is 6.04 Å². The van der Waals surface area contributed by atoms with Crippen molar-refractivity contribution in [1.29, 1.82) is 0 Å². The van der Waals surface area contributed by atoms with E-state index >= 15 is 0 Å². The summed E-state index contributed by atoms with van der Waals surface area (Å²) in [5.74, 6) is 0.597. The number of carbonyl (C=O) groups excluding carboxylic acids is 2. The van der Waals surface area contributed by atoms with Crippen molar-refractivity contribution in [3.63, 3.8) is 0 Å². The Morgan fingerprint density at radius 3 is 2.71 bits per heavy atom. The van der Waals surface area contributed by atoms with E-state index < -0.39 is 12.1 Å². The Bertz CT molecular complexity index is 517. The minimum Gasteiger partial charge on any atom is -0.480 e. The summed E-state index contributed by atoms with van der Waals surface area (Å²) in [6, 6.07) is -0.822. The van der Waals surface area contributed by atoms with Crippen molar-refractivity contribution in [2.75, 3.05) is 19.0 Å². The molecule has 0 aliphatic carbocycles. The largest absolute Gasteiger partial charge is 0.480 e. The van der Waals surface area contributed by atoms with Crippen molar-refractivity contribution in [3.8, 4) is 5.88 Å². The van der Waals surface area contributed by atoms with Crippen LogP contribution < -0.4 is 15.4 Å². The molecule has 0 spiro atoms. The highest BCUT2D eigenvalue weighted by atomic mass is 16.5. The number of anilines is 1. The summed E-state index contributed by atoms with van der Waals surface area (Å²) in [5, 5.41) is 5.19. The van der Waals surface area contributed by atoms with Crippen molar-refractivity contribution >= 4 is 17.8 Å². The van der Waals surface area contributed by atoms with Gasteiger partial charge < -0.3 is 15.0 Å². The van der Waals surface area contributed by atoms with E-state index in [9.17, 15) is 9.59 Å². The fourth-order valence-corrected chi connectivity index (χ4v) is 2.15. The summed E-state index contributed by atoms with van der Waals surface area (Å²) in [6.45, 7) is 4.56. The first-order valence-electron chi connectivity index (χ1n) is 6.75. The Kier molecular flexibility index (Phi) is 4.56. The molecule has 0 saturated carbocycles. The molecule has 3 amide bonds. The molecule has 1 aliphatic heterocycles. The number of likely N-dealkylation sites (tertiary alicyclic amines) is 1. The average Bonchev–Trinajstić information content (AvgIpc) is 2.81. The lowest BCUT2D eigenvalue weighted by atomic mass is 10.2. The molecular formula is C13H19N5O3. The van der Waals surface area contributed by atoms with Crippen LogP contribution in [-0.2, 0) is 4.79 Å². The Balaban J connectivity index is 1.88. The Labute approximate surface area is 122 Å². The molecule has 1 atom stereocenters.